The number of nitrogen functional groups attached to an aromatic ring is 1. The Bertz CT molecular complexity index is 452. The molecule has 0 bridgehead atoms. The van der Waals surface area contributed by atoms with Gasteiger partial charge < -0.3 is 16.4 Å². The quantitative estimate of drug-likeness (QED) is 0.726. The van der Waals surface area contributed by atoms with Crippen molar-refractivity contribution in [1.29, 1.82) is 0 Å². The van der Waals surface area contributed by atoms with Crippen molar-refractivity contribution in [2.45, 2.75) is 57.7 Å². The highest BCUT2D eigenvalue weighted by atomic mass is 35.5. The van der Waals surface area contributed by atoms with E-state index in [0.717, 1.165) is 18.5 Å². The van der Waals surface area contributed by atoms with Gasteiger partial charge in [0.25, 0.3) is 0 Å². The van der Waals surface area contributed by atoms with Crippen molar-refractivity contribution < 1.29 is 0 Å². The molecule has 1 aromatic rings. The minimum atomic E-state index is 0.136. The molecule has 1 aromatic carbocycles. The lowest BCUT2D eigenvalue weighted by atomic mass is 9.79. The van der Waals surface area contributed by atoms with Gasteiger partial charge in [-0.15, -0.1) is 0 Å². The van der Waals surface area contributed by atoms with Crippen molar-refractivity contribution in [3.8, 4) is 0 Å². The standard InChI is InChI=1S/C15H24ClN3/c1-14(2)8-11(9-15(3,4)19-14)18-10-5-6-12(16)13(17)7-10/h5-7,11,18-19H,8-9,17H2,1-4H3. The number of benzene rings is 1. The van der Waals surface area contributed by atoms with Crippen LogP contribution in [0.3, 0.4) is 0 Å². The molecule has 1 heterocycles. The van der Waals surface area contributed by atoms with E-state index in [1.165, 1.54) is 0 Å². The summed E-state index contributed by atoms with van der Waals surface area (Å²) in [5.41, 5.74) is 7.79. The minimum absolute atomic E-state index is 0.136. The molecule has 0 amide bonds. The molecule has 0 spiro atoms. The Kier molecular flexibility index (Phi) is 3.72. The van der Waals surface area contributed by atoms with Gasteiger partial charge in [-0.3, -0.25) is 0 Å². The molecule has 1 fully saturated rings. The van der Waals surface area contributed by atoms with Crippen molar-refractivity contribution in [2.24, 2.45) is 0 Å². The maximum absolute atomic E-state index is 5.95. The first kappa shape index (κ1) is 14.5. The summed E-state index contributed by atoms with van der Waals surface area (Å²) in [7, 11) is 0. The Morgan fingerprint density at radius 1 is 1.21 bits per heavy atom. The molecule has 0 atom stereocenters. The van der Waals surface area contributed by atoms with Crippen molar-refractivity contribution >= 4 is 23.0 Å². The van der Waals surface area contributed by atoms with Crippen molar-refractivity contribution in [3.63, 3.8) is 0 Å². The first-order valence-electron chi connectivity index (χ1n) is 6.78. The number of rotatable bonds is 2. The largest absolute Gasteiger partial charge is 0.397 e. The van der Waals surface area contributed by atoms with E-state index in [0.29, 0.717) is 16.8 Å². The minimum Gasteiger partial charge on any atom is -0.397 e. The Labute approximate surface area is 120 Å². The second kappa shape index (κ2) is 4.88. The van der Waals surface area contributed by atoms with Crippen molar-refractivity contribution in [3.05, 3.63) is 23.2 Å². The highest BCUT2D eigenvalue weighted by Gasteiger charge is 2.37. The number of piperidine rings is 1. The zero-order chi connectivity index (χ0) is 14.3. The summed E-state index contributed by atoms with van der Waals surface area (Å²) < 4.78 is 0. The Balaban J connectivity index is 2.11. The van der Waals surface area contributed by atoms with E-state index in [1.54, 1.807) is 0 Å². The fourth-order valence-corrected chi connectivity index (χ4v) is 3.41. The van der Waals surface area contributed by atoms with E-state index in [9.17, 15) is 0 Å². The third-order valence-corrected chi connectivity index (χ3v) is 3.90. The number of hydrogen-bond donors (Lipinski definition) is 3. The predicted octanol–water partition coefficient (Wildman–Crippen LogP) is 3.64. The normalized spacial score (nSPS) is 22.2. The van der Waals surface area contributed by atoms with Gasteiger partial charge in [0, 0.05) is 22.8 Å². The smallest absolute Gasteiger partial charge is 0.0636 e. The first-order chi connectivity index (χ1) is 8.67. The van der Waals surface area contributed by atoms with Gasteiger partial charge in [0.05, 0.1) is 10.7 Å². The maximum Gasteiger partial charge on any atom is 0.0636 e. The van der Waals surface area contributed by atoms with Crippen molar-refractivity contribution in [1.82, 2.24) is 5.32 Å². The fraction of sp³-hybridized carbons (Fsp3) is 0.600. The van der Waals surface area contributed by atoms with Crippen LogP contribution in [-0.2, 0) is 0 Å². The summed E-state index contributed by atoms with van der Waals surface area (Å²) >= 11 is 5.95. The molecule has 4 heteroatoms. The molecule has 2 rings (SSSR count). The van der Waals surface area contributed by atoms with Crippen LogP contribution in [-0.4, -0.2) is 17.1 Å². The summed E-state index contributed by atoms with van der Waals surface area (Å²) in [4.78, 5) is 0. The third kappa shape index (κ3) is 3.77. The van der Waals surface area contributed by atoms with Crippen LogP contribution in [0, 0.1) is 0 Å². The molecule has 1 aliphatic rings. The van der Waals surface area contributed by atoms with Crippen LogP contribution in [0.1, 0.15) is 40.5 Å². The zero-order valence-corrected chi connectivity index (χ0v) is 12.9. The molecule has 3 nitrogen and oxygen atoms in total. The van der Waals surface area contributed by atoms with Gasteiger partial charge in [0.1, 0.15) is 0 Å². The molecule has 0 aliphatic carbocycles. The number of nitrogens with two attached hydrogens (primary N) is 1. The second-order valence-corrected chi connectivity index (χ2v) is 7.29. The number of anilines is 2. The third-order valence-electron chi connectivity index (χ3n) is 3.56. The van der Waals surface area contributed by atoms with Gasteiger partial charge in [-0.05, 0) is 58.7 Å². The summed E-state index contributed by atoms with van der Waals surface area (Å²) in [6.45, 7) is 9.00. The molecule has 106 valence electrons. The lowest BCUT2D eigenvalue weighted by molar-refractivity contribution is 0.170. The van der Waals surface area contributed by atoms with E-state index in [2.05, 4.69) is 38.3 Å². The lowest BCUT2D eigenvalue weighted by Crippen LogP contribution is -2.60. The molecule has 0 unspecified atom stereocenters. The van der Waals surface area contributed by atoms with E-state index in [4.69, 9.17) is 17.3 Å². The number of halogens is 1. The van der Waals surface area contributed by atoms with Gasteiger partial charge in [0.15, 0.2) is 0 Å². The van der Waals surface area contributed by atoms with Gasteiger partial charge in [0.2, 0.25) is 0 Å². The van der Waals surface area contributed by atoms with E-state index >= 15 is 0 Å². The van der Waals surface area contributed by atoms with Gasteiger partial charge in [-0.1, -0.05) is 11.6 Å². The van der Waals surface area contributed by atoms with Crippen LogP contribution in [0.4, 0.5) is 11.4 Å². The Morgan fingerprint density at radius 3 is 2.32 bits per heavy atom. The summed E-state index contributed by atoms with van der Waals surface area (Å²) in [6, 6.07) is 6.17. The average Bonchev–Trinajstić information content (AvgIpc) is 2.18. The van der Waals surface area contributed by atoms with E-state index < -0.39 is 0 Å². The molecule has 1 saturated heterocycles. The highest BCUT2D eigenvalue weighted by Crippen LogP contribution is 2.31. The lowest BCUT2D eigenvalue weighted by Gasteiger charge is -2.47. The molecule has 0 saturated carbocycles. The maximum atomic E-state index is 5.95. The fourth-order valence-electron chi connectivity index (χ4n) is 3.29. The average molecular weight is 282 g/mol. The SMILES string of the molecule is CC1(C)CC(Nc2ccc(Cl)c(N)c2)CC(C)(C)N1. The summed E-state index contributed by atoms with van der Waals surface area (Å²) in [5, 5.41) is 7.87. The highest BCUT2D eigenvalue weighted by molar-refractivity contribution is 6.33. The molecular formula is C15H24ClN3. The molecular weight excluding hydrogens is 258 g/mol. The van der Waals surface area contributed by atoms with Crippen LogP contribution in [0.25, 0.3) is 0 Å². The molecule has 0 aromatic heterocycles. The van der Waals surface area contributed by atoms with Gasteiger partial charge in [-0.25, -0.2) is 0 Å². The molecule has 19 heavy (non-hydrogen) atoms. The number of hydrogen-bond acceptors (Lipinski definition) is 3. The molecule has 0 radical (unpaired) electrons. The first-order valence-corrected chi connectivity index (χ1v) is 7.16. The van der Waals surface area contributed by atoms with Crippen LogP contribution in [0.2, 0.25) is 5.02 Å². The van der Waals surface area contributed by atoms with Crippen LogP contribution in [0.5, 0.6) is 0 Å². The van der Waals surface area contributed by atoms with Crippen molar-refractivity contribution in [2.75, 3.05) is 11.1 Å². The van der Waals surface area contributed by atoms with Crippen LogP contribution < -0.4 is 16.4 Å². The molecule has 1 aliphatic heterocycles. The van der Waals surface area contributed by atoms with Crippen LogP contribution >= 0.6 is 11.6 Å². The van der Waals surface area contributed by atoms with Gasteiger partial charge >= 0.3 is 0 Å². The van der Waals surface area contributed by atoms with E-state index in [-0.39, 0.29) is 11.1 Å². The predicted molar refractivity (Wildman–Crippen MR) is 83.8 cm³/mol. The summed E-state index contributed by atoms with van der Waals surface area (Å²) in [6.07, 6.45) is 2.16. The monoisotopic (exact) mass is 281 g/mol. The Morgan fingerprint density at radius 2 is 1.79 bits per heavy atom. The van der Waals surface area contributed by atoms with Gasteiger partial charge in [-0.2, -0.15) is 0 Å². The van der Waals surface area contributed by atoms with E-state index in [1.807, 2.05) is 18.2 Å². The zero-order valence-electron chi connectivity index (χ0n) is 12.2. The molecule has 4 N–H and O–H groups in total. The topological polar surface area (TPSA) is 50.1 Å². The Hall–Kier alpha value is -0.930. The summed E-state index contributed by atoms with van der Waals surface area (Å²) in [5.74, 6) is 0. The second-order valence-electron chi connectivity index (χ2n) is 6.88. The van der Waals surface area contributed by atoms with Crippen LogP contribution in [0.15, 0.2) is 18.2 Å². The number of nitrogens with one attached hydrogen (secondary N) is 2.